The summed E-state index contributed by atoms with van der Waals surface area (Å²) in [6.45, 7) is 5.78. The fraction of sp³-hybridized carbons (Fsp3) is 0.500. The number of anilines is 1. The molecule has 43 heavy (non-hydrogen) atoms. The first-order chi connectivity index (χ1) is 20.3. The van der Waals surface area contributed by atoms with Crippen LogP contribution in [0.3, 0.4) is 0 Å². The van der Waals surface area contributed by atoms with E-state index < -0.39 is 23.2 Å². The summed E-state index contributed by atoms with van der Waals surface area (Å²) in [5, 5.41) is 5.13. The molecule has 2 fully saturated rings. The van der Waals surface area contributed by atoms with Gasteiger partial charge in [0.25, 0.3) is 11.1 Å². The minimum Gasteiger partial charge on any atom is -0.406 e. The maximum Gasteiger partial charge on any atom is 0.573 e. The van der Waals surface area contributed by atoms with E-state index in [1.807, 2.05) is 4.90 Å². The molecule has 3 aliphatic heterocycles. The number of nitrogens with zero attached hydrogens (tertiary/aromatic N) is 4. The van der Waals surface area contributed by atoms with Crippen LogP contribution in [0.1, 0.15) is 43.0 Å². The molecule has 1 aromatic carbocycles. The van der Waals surface area contributed by atoms with E-state index in [0.29, 0.717) is 29.4 Å². The quantitative estimate of drug-likeness (QED) is 0.296. The average Bonchev–Trinajstić information content (AvgIpc) is 3.53. The van der Waals surface area contributed by atoms with Crippen LogP contribution >= 0.6 is 22.9 Å². The number of nitrogens with one attached hydrogen (secondary N) is 2. The Morgan fingerprint density at radius 1 is 1.23 bits per heavy atom. The monoisotopic (exact) mass is 642 g/mol. The zero-order chi connectivity index (χ0) is 30.9. The summed E-state index contributed by atoms with van der Waals surface area (Å²) in [7, 11) is 0. The highest BCUT2D eigenvalue weighted by atomic mass is 35.5. The number of halogens is 5. The first-order valence-corrected chi connectivity index (χ1v) is 15.1. The highest BCUT2D eigenvalue weighted by Crippen LogP contribution is 2.37. The van der Waals surface area contributed by atoms with Gasteiger partial charge in [0, 0.05) is 61.4 Å². The molecule has 9 nitrogen and oxygen atoms in total. The number of aliphatic imine (C=N–C) groups is 1. The molecular weight excluding hydrogens is 612 g/mol. The summed E-state index contributed by atoms with van der Waals surface area (Å²) in [5.74, 6) is -0.868. The number of alkyl halides is 4. The summed E-state index contributed by atoms with van der Waals surface area (Å²) in [6, 6.07) is 4.67. The third-order valence-electron chi connectivity index (χ3n) is 7.83. The first-order valence-electron chi connectivity index (χ1n) is 13.9. The third-order valence-corrected chi connectivity index (χ3v) is 9.12. The Bertz CT molecular complexity index is 1440. The fourth-order valence-electron chi connectivity index (χ4n) is 5.46. The summed E-state index contributed by atoms with van der Waals surface area (Å²) in [4.78, 5) is 38.3. The largest absolute Gasteiger partial charge is 0.573 e. The number of carbonyl (C=O) groups is 2. The number of piperidine rings is 1. The number of aryl methyl sites for hydroxylation is 1. The Labute approximate surface area is 254 Å². The van der Waals surface area contributed by atoms with Crippen LogP contribution < -0.4 is 15.4 Å². The van der Waals surface area contributed by atoms with Gasteiger partial charge < -0.3 is 10.1 Å². The predicted molar refractivity (Wildman–Crippen MR) is 156 cm³/mol. The van der Waals surface area contributed by atoms with Gasteiger partial charge in [-0.05, 0) is 68.6 Å². The number of aromatic nitrogens is 1. The van der Waals surface area contributed by atoms with Gasteiger partial charge in [-0.1, -0.05) is 11.3 Å². The fourth-order valence-corrected chi connectivity index (χ4v) is 6.65. The van der Waals surface area contributed by atoms with Crippen molar-refractivity contribution >= 4 is 45.4 Å². The van der Waals surface area contributed by atoms with Crippen molar-refractivity contribution in [1.82, 2.24) is 20.1 Å². The summed E-state index contributed by atoms with van der Waals surface area (Å²) in [5.41, 5.74) is -0.454. The van der Waals surface area contributed by atoms with Crippen molar-refractivity contribution in [2.24, 2.45) is 4.99 Å². The smallest absolute Gasteiger partial charge is 0.406 e. The van der Waals surface area contributed by atoms with Crippen LogP contribution in [0.4, 0.5) is 22.7 Å². The predicted octanol–water partition coefficient (Wildman–Crippen LogP) is 5.35. The van der Waals surface area contributed by atoms with Crippen LogP contribution in [0, 0.1) is 6.92 Å². The SMILES string of the molecule is Cc1cc(OC(F)(F)F)cc(-c2nc(NC(=O)C3=CNC(N4CCC(F)(C(=O)Cl)CC4)C=N3)sc2CN2CCC[C@H]2C)c1. The van der Waals surface area contributed by atoms with Gasteiger partial charge in [0.15, 0.2) is 10.8 Å². The van der Waals surface area contributed by atoms with Crippen molar-refractivity contribution in [2.75, 3.05) is 25.0 Å². The van der Waals surface area contributed by atoms with Crippen LogP contribution in [0.2, 0.25) is 0 Å². The van der Waals surface area contributed by atoms with Gasteiger partial charge in [-0.25, -0.2) is 9.37 Å². The van der Waals surface area contributed by atoms with Gasteiger partial charge in [0.05, 0.1) is 5.69 Å². The third kappa shape index (κ3) is 7.54. The van der Waals surface area contributed by atoms with Crippen LogP contribution in [0.15, 0.2) is 35.1 Å². The average molecular weight is 643 g/mol. The maximum absolute atomic E-state index is 14.5. The molecule has 4 heterocycles. The number of hydrogen-bond donors (Lipinski definition) is 2. The maximum atomic E-state index is 14.5. The standard InChI is InChI=1S/C28H31ClF4N6O3S/c1-16-10-18(12-19(11-16)42-28(31,32)33)23-21(15-39-7-3-4-17(39)2)43-26(36-23)37-24(40)20-13-35-22(14-34-20)38-8-5-27(30,6-9-38)25(29)41/h10-14,17,22,35H,3-9,15H2,1-2H3,(H,36,37,40)/t17-,22?/m1/s1. The number of hydrogen-bond acceptors (Lipinski definition) is 9. The molecule has 0 bridgehead atoms. The zero-order valence-corrected chi connectivity index (χ0v) is 25.1. The minimum atomic E-state index is -4.84. The topological polar surface area (TPSA) is 99.2 Å². The Kier molecular flexibility index (Phi) is 9.12. The van der Waals surface area contributed by atoms with Crippen LogP contribution in [0.5, 0.6) is 5.75 Å². The highest BCUT2D eigenvalue weighted by Gasteiger charge is 2.42. The minimum absolute atomic E-state index is 0.0336. The molecule has 2 aromatic rings. The molecule has 0 spiro atoms. The van der Waals surface area contributed by atoms with Crippen molar-refractivity contribution in [1.29, 1.82) is 0 Å². The van der Waals surface area contributed by atoms with Crippen LogP contribution in [-0.2, 0) is 16.1 Å². The summed E-state index contributed by atoms with van der Waals surface area (Å²) >= 11 is 6.66. The molecule has 15 heteroatoms. The van der Waals surface area contributed by atoms with E-state index in [-0.39, 0.29) is 48.7 Å². The number of benzene rings is 1. The van der Waals surface area contributed by atoms with Crippen LogP contribution in [-0.4, -0.2) is 76.0 Å². The second-order valence-electron chi connectivity index (χ2n) is 11.0. The molecule has 1 unspecified atom stereocenters. The van der Waals surface area contributed by atoms with Gasteiger partial charge in [-0.3, -0.25) is 29.7 Å². The Morgan fingerprint density at radius 2 is 1.98 bits per heavy atom. The van der Waals surface area contributed by atoms with E-state index in [9.17, 15) is 27.2 Å². The van der Waals surface area contributed by atoms with E-state index in [1.54, 1.807) is 13.0 Å². The van der Waals surface area contributed by atoms with Gasteiger partial charge in [0.2, 0.25) is 0 Å². The first kappa shape index (κ1) is 31.4. The van der Waals surface area contributed by atoms with E-state index in [2.05, 4.69) is 37.2 Å². The van der Waals surface area contributed by atoms with Crippen molar-refractivity contribution in [3.8, 4) is 17.0 Å². The number of ether oxygens (including phenoxy) is 1. The zero-order valence-electron chi connectivity index (χ0n) is 23.5. The molecule has 2 N–H and O–H groups in total. The normalized spacial score (nSPS) is 22.6. The molecule has 232 valence electrons. The highest BCUT2D eigenvalue weighted by molar-refractivity contribution is 7.16. The molecular formula is C28H31ClF4N6O3S. The second kappa shape index (κ2) is 12.5. The molecule has 5 rings (SSSR count). The second-order valence-corrected chi connectivity index (χ2v) is 12.4. The molecule has 1 aromatic heterocycles. The molecule has 0 aliphatic carbocycles. The Morgan fingerprint density at radius 3 is 2.58 bits per heavy atom. The lowest BCUT2D eigenvalue weighted by atomic mass is 9.94. The van der Waals surface area contributed by atoms with E-state index in [0.717, 1.165) is 24.3 Å². The van der Waals surface area contributed by atoms with Gasteiger partial charge in [0.1, 0.15) is 17.6 Å². The lowest BCUT2D eigenvalue weighted by Crippen LogP contribution is -2.53. The Hall–Kier alpha value is -3.07. The number of carbonyl (C=O) groups excluding carboxylic acids is 2. The van der Waals surface area contributed by atoms with E-state index >= 15 is 0 Å². The van der Waals surface area contributed by atoms with Crippen molar-refractivity contribution in [3.63, 3.8) is 0 Å². The van der Waals surface area contributed by atoms with Crippen LogP contribution in [0.25, 0.3) is 11.3 Å². The van der Waals surface area contributed by atoms with Gasteiger partial charge in [-0.2, -0.15) is 0 Å². The number of amides is 1. The van der Waals surface area contributed by atoms with E-state index in [4.69, 9.17) is 11.6 Å². The molecule has 2 atom stereocenters. The molecule has 0 radical (unpaired) electrons. The Balaban J connectivity index is 1.31. The lowest BCUT2D eigenvalue weighted by Gasteiger charge is -2.38. The van der Waals surface area contributed by atoms with E-state index in [1.165, 1.54) is 35.9 Å². The molecule has 2 saturated heterocycles. The van der Waals surface area contributed by atoms with Crippen molar-refractivity contribution < 1.29 is 31.9 Å². The number of likely N-dealkylation sites (tertiary alicyclic amines) is 2. The number of rotatable bonds is 8. The molecule has 1 amide bonds. The number of thiazole rings is 1. The lowest BCUT2D eigenvalue weighted by molar-refractivity contribution is -0.274. The summed E-state index contributed by atoms with van der Waals surface area (Å²) < 4.78 is 57.6. The molecule has 3 aliphatic rings. The van der Waals surface area contributed by atoms with Crippen molar-refractivity contribution in [3.05, 3.63) is 40.5 Å². The molecule has 0 saturated carbocycles. The van der Waals surface area contributed by atoms with Gasteiger partial charge in [-0.15, -0.1) is 13.2 Å². The van der Waals surface area contributed by atoms with Crippen molar-refractivity contribution in [2.45, 2.75) is 70.3 Å². The van der Waals surface area contributed by atoms with Gasteiger partial charge >= 0.3 is 6.36 Å². The summed E-state index contributed by atoms with van der Waals surface area (Å²) in [6.07, 6.45) is -0.218.